The second-order valence-corrected chi connectivity index (χ2v) is 5.21. The number of pyridine rings is 1. The molecule has 0 bridgehead atoms. The Bertz CT molecular complexity index is 496. The maximum absolute atomic E-state index is 4.22. The van der Waals surface area contributed by atoms with Crippen molar-refractivity contribution in [1.82, 2.24) is 15.2 Å². The van der Waals surface area contributed by atoms with E-state index in [0.29, 0.717) is 5.13 Å². The molecule has 0 aliphatic rings. The fraction of sp³-hybridized carbons (Fsp3) is 0.300. The lowest BCUT2D eigenvalue weighted by atomic mass is 10.2. The molecule has 0 saturated carbocycles. The highest BCUT2D eigenvalue weighted by Gasteiger charge is 2.05. The summed E-state index contributed by atoms with van der Waals surface area (Å²) >= 11 is 2.98. The Morgan fingerprint density at radius 1 is 1.35 bits per heavy atom. The lowest BCUT2D eigenvalue weighted by molar-refractivity contribution is 0.733. The molecule has 1 atom stereocenters. The largest absolute Gasteiger partial charge is 0.259 e. The summed E-state index contributed by atoms with van der Waals surface area (Å²) < 4.78 is 0.893. The average molecular weight is 265 g/mol. The number of aromatic nitrogens is 3. The van der Waals surface area contributed by atoms with Crippen molar-refractivity contribution in [3.8, 4) is 0 Å². The summed E-state index contributed by atoms with van der Waals surface area (Å²) in [6.07, 6.45) is 3.70. The second kappa shape index (κ2) is 5.83. The zero-order chi connectivity index (χ0) is 12.1. The van der Waals surface area contributed by atoms with Gasteiger partial charge in [0.15, 0.2) is 4.34 Å². The second-order valence-electron chi connectivity index (χ2n) is 3.20. The van der Waals surface area contributed by atoms with Crippen molar-refractivity contribution in [2.45, 2.75) is 17.3 Å². The van der Waals surface area contributed by atoms with Crippen molar-refractivity contribution in [3.05, 3.63) is 30.1 Å². The smallest absolute Gasteiger partial charge is 0.252 e. The van der Waals surface area contributed by atoms with Crippen LogP contribution < -0.4 is 0 Å². The van der Waals surface area contributed by atoms with Crippen LogP contribution in [-0.2, 0) is 0 Å². The first-order chi connectivity index (χ1) is 8.29. The molecule has 0 spiro atoms. The van der Waals surface area contributed by atoms with E-state index in [1.54, 1.807) is 18.0 Å². The molecule has 1 unspecified atom stereocenters. The predicted molar refractivity (Wildman–Crippen MR) is 68.9 cm³/mol. The van der Waals surface area contributed by atoms with Gasteiger partial charge in [0.25, 0.3) is 5.13 Å². The first kappa shape index (κ1) is 12.1. The highest BCUT2D eigenvalue weighted by molar-refractivity contribution is 8.00. The van der Waals surface area contributed by atoms with Crippen LogP contribution in [0.1, 0.15) is 18.7 Å². The molecule has 0 N–H and O–H groups in total. The zero-order valence-corrected chi connectivity index (χ0v) is 11.1. The van der Waals surface area contributed by atoms with E-state index in [1.165, 1.54) is 11.3 Å². The lowest BCUT2D eigenvalue weighted by Crippen LogP contribution is -1.91. The summed E-state index contributed by atoms with van der Waals surface area (Å²) in [6, 6.07) is 5.67. The highest BCUT2D eigenvalue weighted by Crippen LogP contribution is 2.26. The monoisotopic (exact) mass is 265 g/mol. The average Bonchev–Trinajstić information content (AvgIpc) is 2.85. The van der Waals surface area contributed by atoms with Crippen molar-refractivity contribution in [1.29, 1.82) is 0 Å². The van der Waals surface area contributed by atoms with Crippen molar-refractivity contribution in [2.24, 2.45) is 10.2 Å². The van der Waals surface area contributed by atoms with Crippen LogP contribution in [0.25, 0.3) is 0 Å². The van der Waals surface area contributed by atoms with Crippen molar-refractivity contribution in [3.63, 3.8) is 0 Å². The first-order valence-corrected chi connectivity index (χ1v) is 7.03. The molecular weight excluding hydrogens is 254 g/mol. The number of hydrogen-bond acceptors (Lipinski definition) is 7. The van der Waals surface area contributed by atoms with Gasteiger partial charge < -0.3 is 0 Å². The van der Waals surface area contributed by atoms with Gasteiger partial charge in [0, 0.05) is 6.20 Å². The Morgan fingerprint density at radius 3 is 2.88 bits per heavy atom. The van der Waals surface area contributed by atoms with Crippen molar-refractivity contribution >= 4 is 28.2 Å². The third-order valence-corrected chi connectivity index (χ3v) is 3.79. The summed E-state index contributed by atoms with van der Waals surface area (Å²) in [4.78, 5) is 4.22. The molecule has 2 aromatic heterocycles. The van der Waals surface area contributed by atoms with Crippen LogP contribution in [0.4, 0.5) is 5.13 Å². The molecule has 0 fully saturated rings. The molecule has 7 heteroatoms. The summed E-state index contributed by atoms with van der Waals surface area (Å²) in [5, 5.41) is 16.7. The number of rotatable bonds is 4. The van der Waals surface area contributed by atoms with Crippen LogP contribution in [0.3, 0.4) is 0 Å². The van der Waals surface area contributed by atoms with Gasteiger partial charge in [-0.25, -0.2) is 0 Å². The Hall–Kier alpha value is -1.34. The van der Waals surface area contributed by atoms with Gasteiger partial charge in [-0.1, -0.05) is 29.2 Å². The van der Waals surface area contributed by atoms with Crippen LogP contribution in [0.2, 0.25) is 0 Å². The van der Waals surface area contributed by atoms with Crippen molar-refractivity contribution < 1.29 is 0 Å². The van der Waals surface area contributed by atoms with Crippen LogP contribution in [0.15, 0.2) is 39.0 Å². The Kier molecular flexibility index (Phi) is 4.16. The maximum Gasteiger partial charge on any atom is 0.252 e. The van der Waals surface area contributed by atoms with Crippen LogP contribution in [0.5, 0.6) is 0 Å². The molecule has 0 aliphatic heterocycles. The lowest BCUT2D eigenvalue weighted by Gasteiger charge is -2.01. The number of nitrogens with zero attached hydrogens (tertiary/aromatic N) is 5. The van der Waals surface area contributed by atoms with E-state index in [2.05, 4.69) is 25.4 Å². The minimum absolute atomic E-state index is 0.0715. The summed E-state index contributed by atoms with van der Waals surface area (Å²) in [5.74, 6) is 0. The normalized spacial score (nSPS) is 13.1. The van der Waals surface area contributed by atoms with E-state index in [9.17, 15) is 0 Å². The highest BCUT2D eigenvalue weighted by atomic mass is 32.2. The van der Waals surface area contributed by atoms with Crippen LogP contribution in [0, 0.1) is 0 Å². The van der Waals surface area contributed by atoms with E-state index in [1.807, 2.05) is 31.4 Å². The van der Waals surface area contributed by atoms with E-state index in [-0.39, 0.29) is 6.04 Å². The Balaban J connectivity index is 2.05. The molecule has 0 saturated heterocycles. The summed E-state index contributed by atoms with van der Waals surface area (Å²) in [6.45, 7) is 1.95. The van der Waals surface area contributed by atoms with E-state index >= 15 is 0 Å². The summed E-state index contributed by atoms with van der Waals surface area (Å²) in [7, 11) is 0. The topological polar surface area (TPSA) is 63.4 Å². The standard InChI is InChI=1S/C10H11N5S2/c1-7(8-5-3-4-6-11-8)12-13-9-14-15-10(16-2)17-9/h3-7H,1-2H3. The van der Waals surface area contributed by atoms with Gasteiger partial charge in [-0.2, -0.15) is 5.11 Å². The fourth-order valence-corrected chi connectivity index (χ4v) is 2.23. The maximum atomic E-state index is 4.22. The van der Waals surface area contributed by atoms with Gasteiger partial charge in [0.1, 0.15) is 6.04 Å². The van der Waals surface area contributed by atoms with Crippen LogP contribution >= 0.6 is 23.1 Å². The Labute approximate surface area is 107 Å². The van der Waals surface area contributed by atoms with Gasteiger partial charge in [-0.05, 0) is 25.3 Å². The molecule has 0 radical (unpaired) electrons. The van der Waals surface area contributed by atoms with E-state index in [0.717, 1.165) is 10.0 Å². The number of azo groups is 1. The Morgan fingerprint density at radius 2 is 2.24 bits per heavy atom. The first-order valence-electron chi connectivity index (χ1n) is 4.99. The molecule has 0 aromatic carbocycles. The van der Waals surface area contributed by atoms with Gasteiger partial charge in [-0.3, -0.25) is 4.98 Å². The van der Waals surface area contributed by atoms with Crippen LogP contribution in [-0.4, -0.2) is 21.4 Å². The quantitative estimate of drug-likeness (QED) is 0.627. The SMILES string of the molecule is CSc1nnc(N=NC(C)c2ccccn2)s1. The molecule has 2 rings (SSSR count). The van der Waals surface area contributed by atoms with Gasteiger partial charge >= 0.3 is 0 Å². The number of hydrogen-bond donors (Lipinski definition) is 0. The molecule has 5 nitrogen and oxygen atoms in total. The molecule has 0 aliphatic carbocycles. The third kappa shape index (κ3) is 3.31. The van der Waals surface area contributed by atoms with Gasteiger partial charge in [0.05, 0.1) is 5.69 Å². The fourth-order valence-electron chi connectivity index (χ4n) is 1.14. The van der Waals surface area contributed by atoms with E-state index < -0.39 is 0 Å². The molecule has 2 heterocycles. The summed E-state index contributed by atoms with van der Waals surface area (Å²) in [5.41, 5.74) is 0.894. The van der Waals surface area contributed by atoms with E-state index in [4.69, 9.17) is 0 Å². The van der Waals surface area contributed by atoms with Gasteiger partial charge in [0.2, 0.25) is 0 Å². The molecule has 88 valence electrons. The minimum Gasteiger partial charge on any atom is -0.259 e. The zero-order valence-electron chi connectivity index (χ0n) is 9.44. The van der Waals surface area contributed by atoms with Gasteiger partial charge in [-0.15, -0.1) is 15.3 Å². The molecule has 0 amide bonds. The predicted octanol–water partition coefficient (Wildman–Crippen LogP) is 3.50. The molecular formula is C10H11N5S2. The molecule has 17 heavy (non-hydrogen) atoms. The number of thioether (sulfide) groups is 1. The molecule has 2 aromatic rings. The van der Waals surface area contributed by atoms with Crippen molar-refractivity contribution in [2.75, 3.05) is 6.26 Å². The third-order valence-electron chi connectivity index (χ3n) is 2.00. The minimum atomic E-state index is -0.0715.